The summed E-state index contributed by atoms with van der Waals surface area (Å²) in [5.41, 5.74) is 2.18. The third kappa shape index (κ3) is 5.59. The second-order valence-corrected chi connectivity index (χ2v) is 4.40. The van der Waals surface area contributed by atoms with E-state index in [1.165, 1.54) is 11.6 Å². The fourth-order valence-corrected chi connectivity index (χ4v) is 1.49. The van der Waals surface area contributed by atoms with Gasteiger partial charge in [0.15, 0.2) is 5.11 Å². The van der Waals surface area contributed by atoms with E-state index in [9.17, 15) is 4.79 Å². The fourth-order valence-electron chi connectivity index (χ4n) is 1.29. The van der Waals surface area contributed by atoms with Crippen LogP contribution in [0, 0.1) is 6.92 Å². The minimum Gasteiger partial charge on any atom is -0.362 e. The second kappa shape index (κ2) is 7.61. The standard InChI is InChI=1S/C14H18N2OS/c1-3-10-15-14(18)16-13(17)9-8-12-6-4-11(2)5-7-12/h4-9H,3,10H2,1-2H3,(H2,15,16,17,18)/b9-8+. The van der Waals surface area contributed by atoms with Gasteiger partial charge in [-0.3, -0.25) is 10.1 Å². The lowest BCUT2D eigenvalue weighted by molar-refractivity contribution is -0.115. The Morgan fingerprint density at radius 3 is 2.61 bits per heavy atom. The van der Waals surface area contributed by atoms with Gasteiger partial charge < -0.3 is 5.32 Å². The quantitative estimate of drug-likeness (QED) is 0.647. The number of rotatable bonds is 4. The molecular formula is C14H18N2OS. The van der Waals surface area contributed by atoms with Gasteiger partial charge in [0.2, 0.25) is 5.91 Å². The lowest BCUT2D eigenvalue weighted by Crippen LogP contribution is -2.38. The summed E-state index contributed by atoms with van der Waals surface area (Å²) in [5, 5.41) is 5.90. The van der Waals surface area contributed by atoms with Crippen LogP contribution in [-0.4, -0.2) is 17.6 Å². The van der Waals surface area contributed by atoms with E-state index in [-0.39, 0.29) is 5.91 Å². The maximum Gasteiger partial charge on any atom is 0.250 e. The van der Waals surface area contributed by atoms with Gasteiger partial charge in [0.1, 0.15) is 0 Å². The van der Waals surface area contributed by atoms with Gasteiger partial charge in [-0.05, 0) is 37.2 Å². The Morgan fingerprint density at radius 2 is 2.00 bits per heavy atom. The average Bonchev–Trinajstić information content (AvgIpc) is 2.35. The fraction of sp³-hybridized carbons (Fsp3) is 0.286. The zero-order valence-corrected chi connectivity index (χ0v) is 11.5. The number of nitrogens with one attached hydrogen (secondary N) is 2. The highest BCUT2D eigenvalue weighted by Gasteiger charge is 1.98. The molecule has 18 heavy (non-hydrogen) atoms. The lowest BCUT2D eigenvalue weighted by Gasteiger charge is -2.05. The van der Waals surface area contributed by atoms with E-state index in [4.69, 9.17) is 12.2 Å². The molecule has 1 aromatic rings. The molecule has 0 aliphatic heterocycles. The number of benzene rings is 1. The van der Waals surface area contributed by atoms with Gasteiger partial charge in [-0.15, -0.1) is 0 Å². The molecule has 96 valence electrons. The molecule has 0 saturated carbocycles. The molecule has 0 radical (unpaired) electrons. The number of amides is 1. The maximum absolute atomic E-state index is 11.5. The van der Waals surface area contributed by atoms with Gasteiger partial charge in [-0.1, -0.05) is 36.8 Å². The monoisotopic (exact) mass is 262 g/mol. The number of hydrogen-bond acceptors (Lipinski definition) is 2. The summed E-state index contributed by atoms with van der Waals surface area (Å²) in [6.45, 7) is 4.83. The molecule has 0 aromatic heterocycles. The minimum atomic E-state index is -0.218. The predicted octanol–water partition coefficient (Wildman–Crippen LogP) is 2.41. The van der Waals surface area contributed by atoms with Crippen LogP contribution in [0.25, 0.3) is 6.08 Å². The molecule has 2 N–H and O–H groups in total. The van der Waals surface area contributed by atoms with Crippen molar-refractivity contribution in [2.45, 2.75) is 20.3 Å². The van der Waals surface area contributed by atoms with Crippen LogP contribution in [0.5, 0.6) is 0 Å². The Hall–Kier alpha value is -1.68. The van der Waals surface area contributed by atoms with E-state index >= 15 is 0 Å². The van der Waals surface area contributed by atoms with Crippen molar-refractivity contribution in [1.82, 2.24) is 10.6 Å². The molecule has 3 nitrogen and oxygen atoms in total. The van der Waals surface area contributed by atoms with Crippen LogP contribution < -0.4 is 10.6 Å². The van der Waals surface area contributed by atoms with Crippen molar-refractivity contribution >= 4 is 29.3 Å². The summed E-state index contributed by atoms with van der Waals surface area (Å²) < 4.78 is 0. The van der Waals surface area contributed by atoms with Crippen LogP contribution in [0.4, 0.5) is 0 Å². The molecule has 0 spiro atoms. The second-order valence-electron chi connectivity index (χ2n) is 3.99. The Balaban J connectivity index is 2.44. The van der Waals surface area contributed by atoms with Gasteiger partial charge in [0, 0.05) is 12.6 Å². The van der Waals surface area contributed by atoms with Crippen LogP contribution in [0.1, 0.15) is 24.5 Å². The Kier molecular flexibility index (Phi) is 6.08. The Morgan fingerprint density at radius 1 is 1.33 bits per heavy atom. The van der Waals surface area contributed by atoms with Crippen LogP contribution in [0.15, 0.2) is 30.3 Å². The lowest BCUT2D eigenvalue weighted by atomic mass is 10.1. The first-order chi connectivity index (χ1) is 8.61. The topological polar surface area (TPSA) is 41.1 Å². The van der Waals surface area contributed by atoms with E-state index < -0.39 is 0 Å². The molecule has 0 unspecified atom stereocenters. The molecule has 1 rings (SSSR count). The van der Waals surface area contributed by atoms with E-state index in [2.05, 4.69) is 10.6 Å². The smallest absolute Gasteiger partial charge is 0.250 e. The number of aryl methyl sites for hydroxylation is 1. The van der Waals surface area contributed by atoms with Gasteiger partial charge in [-0.2, -0.15) is 0 Å². The first-order valence-electron chi connectivity index (χ1n) is 5.95. The first-order valence-corrected chi connectivity index (χ1v) is 6.36. The van der Waals surface area contributed by atoms with E-state index in [1.807, 2.05) is 38.1 Å². The molecule has 1 aromatic carbocycles. The zero-order chi connectivity index (χ0) is 13.4. The SMILES string of the molecule is CCCNC(=S)NC(=O)/C=C/c1ccc(C)cc1. The predicted molar refractivity (Wildman–Crippen MR) is 79.2 cm³/mol. The molecular weight excluding hydrogens is 244 g/mol. The van der Waals surface area contributed by atoms with Crippen molar-refractivity contribution in [3.05, 3.63) is 41.5 Å². The summed E-state index contributed by atoms with van der Waals surface area (Å²) in [6, 6.07) is 7.94. The molecule has 0 fully saturated rings. The maximum atomic E-state index is 11.5. The Labute approximate surface area is 113 Å². The van der Waals surface area contributed by atoms with Gasteiger partial charge >= 0.3 is 0 Å². The molecule has 0 heterocycles. The number of hydrogen-bond donors (Lipinski definition) is 2. The molecule has 0 saturated heterocycles. The molecule has 0 aliphatic carbocycles. The summed E-state index contributed by atoms with van der Waals surface area (Å²) in [6.07, 6.45) is 4.21. The van der Waals surface area contributed by atoms with Crippen molar-refractivity contribution < 1.29 is 4.79 Å². The highest BCUT2D eigenvalue weighted by atomic mass is 32.1. The molecule has 0 aliphatic rings. The van der Waals surface area contributed by atoms with Crippen molar-refractivity contribution in [2.24, 2.45) is 0 Å². The van der Waals surface area contributed by atoms with Gasteiger partial charge in [-0.25, -0.2) is 0 Å². The van der Waals surface area contributed by atoms with Crippen molar-refractivity contribution in [1.29, 1.82) is 0 Å². The van der Waals surface area contributed by atoms with Crippen LogP contribution in [0.3, 0.4) is 0 Å². The van der Waals surface area contributed by atoms with E-state index in [0.717, 1.165) is 18.5 Å². The largest absolute Gasteiger partial charge is 0.362 e. The summed E-state index contributed by atoms with van der Waals surface area (Å²) in [7, 11) is 0. The van der Waals surface area contributed by atoms with Crippen LogP contribution >= 0.6 is 12.2 Å². The summed E-state index contributed by atoms with van der Waals surface area (Å²) >= 11 is 4.97. The van der Waals surface area contributed by atoms with Crippen molar-refractivity contribution in [2.75, 3.05) is 6.54 Å². The normalized spacial score (nSPS) is 10.3. The summed E-state index contributed by atoms with van der Waals surface area (Å²) in [5.74, 6) is -0.218. The number of thiocarbonyl (C=S) groups is 1. The molecule has 0 atom stereocenters. The zero-order valence-electron chi connectivity index (χ0n) is 10.7. The highest BCUT2D eigenvalue weighted by Crippen LogP contribution is 2.04. The summed E-state index contributed by atoms with van der Waals surface area (Å²) in [4.78, 5) is 11.5. The van der Waals surface area contributed by atoms with Crippen molar-refractivity contribution in [3.63, 3.8) is 0 Å². The third-order valence-electron chi connectivity index (χ3n) is 2.28. The Bertz CT molecular complexity index is 438. The number of carbonyl (C=O) groups excluding carboxylic acids is 1. The minimum absolute atomic E-state index is 0.218. The van der Waals surface area contributed by atoms with Crippen LogP contribution in [0.2, 0.25) is 0 Å². The molecule has 0 bridgehead atoms. The van der Waals surface area contributed by atoms with E-state index in [0.29, 0.717) is 5.11 Å². The van der Waals surface area contributed by atoms with Crippen molar-refractivity contribution in [3.8, 4) is 0 Å². The first kappa shape index (κ1) is 14.4. The number of carbonyl (C=O) groups is 1. The highest BCUT2D eigenvalue weighted by molar-refractivity contribution is 7.80. The van der Waals surface area contributed by atoms with E-state index in [1.54, 1.807) is 6.08 Å². The van der Waals surface area contributed by atoms with Gasteiger partial charge in [0.05, 0.1) is 0 Å². The molecule has 4 heteroatoms. The third-order valence-corrected chi connectivity index (χ3v) is 2.52. The van der Waals surface area contributed by atoms with Gasteiger partial charge in [0.25, 0.3) is 0 Å². The average molecular weight is 262 g/mol. The molecule has 1 amide bonds. The van der Waals surface area contributed by atoms with Crippen LogP contribution in [-0.2, 0) is 4.79 Å².